The molecule has 0 radical (unpaired) electrons. The fourth-order valence-corrected chi connectivity index (χ4v) is 2.93. The van der Waals surface area contributed by atoms with Crippen LogP contribution in [-0.4, -0.2) is 38.0 Å². The molecule has 0 fully saturated rings. The Balaban J connectivity index is 1.48. The normalized spacial score (nSPS) is 11.0. The summed E-state index contributed by atoms with van der Waals surface area (Å²) in [5, 5.41) is 11.1. The molecule has 0 aliphatic carbocycles. The van der Waals surface area contributed by atoms with Crippen molar-refractivity contribution in [3.05, 3.63) is 65.5 Å². The lowest BCUT2D eigenvalue weighted by Crippen LogP contribution is -2.14. The molecular weight excluding hydrogens is 388 g/mol. The number of aromatic nitrogens is 5. The standard InChI is InChI=1S/C20H20N6O4/c1-12-5-4-6-14(7-12)19-18(22-13(2)30-19)20(27)24-16-8-21-26(25-16)9-17-23-15(10-28-3)11-29-17/h4-8,11H,9-10H2,1-3H3,(H,24,25,27). The highest BCUT2D eigenvalue weighted by atomic mass is 16.5. The van der Waals surface area contributed by atoms with Crippen molar-refractivity contribution in [1.82, 2.24) is 25.0 Å². The Kier molecular flexibility index (Phi) is 5.40. The first-order valence-corrected chi connectivity index (χ1v) is 9.20. The van der Waals surface area contributed by atoms with Crippen molar-refractivity contribution in [2.24, 2.45) is 0 Å². The molecule has 1 amide bonds. The minimum Gasteiger partial charge on any atom is -0.446 e. The maximum atomic E-state index is 12.8. The summed E-state index contributed by atoms with van der Waals surface area (Å²) in [6.45, 7) is 4.24. The van der Waals surface area contributed by atoms with Gasteiger partial charge in [-0.3, -0.25) is 4.79 Å². The van der Waals surface area contributed by atoms with E-state index in [2.05, 4.69) is 25.5 Å². The Hall–Kier alpha value is -3.79. The molecule has 10 heteroatoms. The van der Waals surface area contributed by atoms with E-state index in [1.807, 2.05) is 31.2 Å². The summed E-state index contributed by atoms with van der Waals surface area (Å²) in [6.07, 6.45) is 2.96. The predicted molar refractivity (Wildman–Crippen MR) is 106 cm³/mol. The minimum atomic E-state index is -0.436. The molecule has 0 aliphatic heterocycles. The molecular formula is C20H20N6O4. The van der Waals surface area contributed by atoms with Gasteiger partial charge in [0, 0.05) is 19.6 Å². The lowest BCUT2D eigenvalue weighted by Gasteiger charge is -2.02. The smallest absolute Gasteiger partial charge is 0.279 e. The van der Waals surface area contributed by atoms with E-state index < -0.39 is 5.91 Å². The number of amides is 1. The van der Waals surface area contributed by atoms with Gasteiger partial charge >= 0.3 is 0 Å². The minimum absolute atomic E-state index is 0.185. The van der Waals surface area contributed by atoms with Crippen molar-refractivity contribution < 1.29 is 18.4 Å². The number of nitrogens with zero attached hydrogens (tertiary/aromatic N) is 5. The number of nitrogens with one attached hydrogen (secondary N) is 1. The van der Waals surface area contributed by atoms with Crippen LogP contribution in [0.4, 0.5) is 5.82 Å². The van der Waals surface area contributed by atoms with Crippen LogP contribution in [0.25, 0.3) is 11.3 Å². The quantitative estimate of drug-likeness (QED) is 0.495. The van der Waals surface area contributed by atoms with Gasteiger partial charge in [0.2, 0.25) is 5.89 Å². The Morgan fingerprint density at radius 3 is 2.93 bits per heavy atom. The Bertz CT molecular complexity index is 1180. The third kappa shape index (κ3) is 4.28. The number of anilines is 1. The number of methoxy groups -OCH3 is 1. The zero-order valence-electron chi connectivity index (χ0n) is 16.7. The lowest BCUT2D eigenvalue weighted by atomic mass is 10.1. The molecule has 1 aromatic carbocycles. The fourth-order valence-electron chi connectivity index (χ4n) is 2.93. The number of rotatable bonds is 7. The topological polar surface area (TPSA) is 121 Å². The Morgan fingerprint density at radius 1 is 1.27 bits per heavy atom. The summed E-state index contributed by atoms with van der Waals surface area (Å²) in [6, 6.07) is 7.67. The number of carbonyl (C=O) groups excluding carboxylic acids is 1. The van der Waals surface area contributed by atoms with E-state index in [1.54, 1.807) is 14.0 Å². The predicted octanol–water partition coefficient (Wildman–Crippen LogP) is 2.98. The van der Waals surface area contributed by atoms with Gasteiger partial charge in [0.15, 0.2) is 23.2 Å². The van der Waals surface area contributed by atoms with Crippen LogP contribution in [0.15, 0.2) is 45.6 Å². The van der Waals surface area contributed by atoms with E-state index in [1.165, 1.54) is 17.3 Å². The average molecular weight is 408 g/mol. The van der Waals surface area contributed by atoms with Gasteiger partial charge in [-0.25, -0.2) is 9.97 Å². The first-order valence-electron chi connectivity index (χ1n) is 9.20. The highest BCUT2D eigenvalue weighted by Crippen LogP contribution is 2.26. The molecule has 0 saturated carbocycles. The first-order chi connectivity index (χ1) is 14.5. The number of hydrogen-bond donors (Lipinski definition) is 1. The van der Waals surface area contributed by atoms with Crippen molar-refractivity contribution >= 4 is 11.7 Å². The molecule has 154 valence electrons. The fraction of sp³-hybridized carbons (Fsp3) is 0.250. The average Bonchev–Trinajstić information content (AvgIpc) is 3.43. The van der Waals surface area contributed by atoms with E-state index in [9.17, 15) is 4.79 Å². The van der Waals surface area contributed by atoms with Crippen LogP contribution in [0.1, 0.15) is 33.5 Å². The molecule has 0 aliphatic rings. The Labute approximate surface area is 171 Å². The third-order valence-electron chi connectivity index (χ3n) is 4.18. The van der Waals surface area contributed by atoms with Gasteiger partial charge in [-0.1, -0.05) is 23.8 Å². The second-order valence-corrected chi connectivity index (χ2v) is 6.66. The molecule has 30 heavy (non-hydrogen) atoms. The molecule has 4 aromatic rings. The largest absolute Gasteiger partial charge is 0.446 e. The Morgan fingerprint density at radius 2 is 2.13 bits per heavy atom. The van der Waals surface area contributed by atoms with Gasteiger partial charge in [0.1, 0.15) is 18.5 Å². The SMILES string of the molecule is COCc1coc(Cn2ncc(NC(=O)c3nc(C)oc3-c3cccc(C)c3)n2)n1. The summed E-state index contributed by atoms with van der Waals surface area (Å²) in [7, 11) is 1.58. The van der Waals surface area contributed by atoms with E-state index in [0.717, 1.165) is 11.1 Å². The summed E-state index contributed by atoms with van der Waals surface area (Å²) in [5.41, 5.74) is 2.69. The second-order valence-electron chi connectivity index (χ2n) is 6.66. The highest BCUT2D eigenvalue weighted by Gasteiger charge is 2.21. The highest BCUT2D eigenvalue weighted by molar-refractivity contribution is 6.05. The zero-order chi connectivity index (χ0) is 21.1. The molecule has 4 rings (SSSR count). The summed E-state index contributed by atoms with van der Waals surface area (Å²) in [5.74, 6) is 1.08. The molecule has 0 spiro atoms. The molecule has 0 bridgehead atoms. The van der Waals surface area contributed by atoms with Crippen molar-refractivity contribution in [2.75, 3.05) is 12.4 Å². The summed E-state index contributed by atoms with van der Waals surface area (Å²) >= 11 is 0. The van der Waals surface area contributed by atoms with E-state index in [-0.39, 0.29) is 18.1 Å². The number of hydrogen-bond acceptors (Lipinski definition) is 8. The third-order valence-corrected chi connectivity index (χ3v) is 4.18. The van der Waals surface area contributed by atoms with Crippen LogP contribution in [-0.2, 0) is 17.9 Å². The van der Waals surface area contributed by atoms with Crippen LogP contribution in [0, 0.1) is 13.8 Å². The van der Waals surface area contributed by atoms with Crippen molar-refractivity contribution in [3.8, 4) is 11.3 Å². The lowest BCUT2D eigenvalue weighted by molar-refractivity contribution is 0.102. The monoisotopic (exact) mass is 408 g/mol. The molecule has 1 N–H and O–H groups in total. The molecule has 0 saturated heterocycles. The molecule has 3 heterocycles. The molecule has 3 aromatic heterocycles. The van der Waals surface area contributed by atoms with Gasteiger partial charge in [-0.2, -0.15) is 9.90 Å². The molecule has 0 atom stereocenters. The molecule has 10 nitrogen and oxygen atoms in total. The van der Waals surface area contributed by atoms with E-state index in [4.69, 9.17) is 13.6 Å². The second kappa shape index (κ2) is 8.29. The van der Waals surface area contributed by atoms with Crippen molar-refractivity contribution in [1.29, 1.82) is 0 Å². The van der Waals surface area contributed by atoms with Crippen molar-refractivity contribution in [3.63, 3.8) is 0 Å². The van der Waals surface area contributed by atoms with Crippen LogP contribution in [0.2, 0.25) is 0 Å². The van der Waals surface area contributed by atoms with Crippen LogP contribution in [0.3, 0.4) is 0 Å². The first kappa shape index (κ1) is 19.5. The number of ether oxygens (including phenoxy) is 1. The number of benzene rings is 1. The zero-order valence-corrected chi connectivity index (χ0v) is 16.7. The van der Waals surface area contributed by atoms with E-state index in [0.29, 0.717) is 29.8 Å². The van der Waals surface area contributed by atoms with Crippen LogP contribution in [0.5, 0.6) is 0 Å². The summed E-state index contributed by atoms with van der Waals surface area (Å²) < 4.78 is 16.0. The summed E-state index contributed by atoms with van der Waals surface area (Å²) in [4.78, 5) is 22.7. The van der Waals surface area contributed by atoms with E-state index >= 15 is 0 Å². The maximum Gasteiger partial charge on any atom is 0.279 e. The van der Waals surface area contributed by atoms with Gasteiger partial charge in [0.25, 0.3) is 5.91 Å². The van der Waals surface area contributed by atoms with Crippen LogP contribution < -0.4 is 5.32 Å². The van der Waals surface area contributed by atoms with Gasteiger partial charge in [0.05, 0.1) is 12.8 Å². The number of carbonyl (C=O) groups is 1. The van der Waals surface area contributed by atoms with Crippen molar-refractivity contribution in [2.45, 2.75) is 27.0 Å². The number of oxazole rings is 2. The van der Waals surface area contributed by atoms with Crippen LogP contribution >= 0.6 is 0 Å². The number of aryl methyl sites for hydroxylation is 2. The maximum absolute atomic E-state index is 12.8. The molecule has 0 unspecified atom stereocenters. The van der Waals surface area contributed by atoms with Gasteiger partial charge in [-0.05, 0) is 13.0 Å². The van der Waals surface area contributed by atoms with Gasteiger partial charge in [-0.15, -0.1) is 5.10 Å². The van der Waals surface area contributed by atoms with Gasteiger partial charge < -0.3 is 18.9 Å².